The fourth-order valence-corrected chi connectivity index (χ4v) is 2.85. The first kappa shape index (κ1) is 12.7. The Morgan fingerprint density at radius 2 is 2.00 bits per heavy atom. The number of nitrogens with one attached hydrogen (secondary N) is 1. The van der Waals surface area contributed by atoms with Gasteiger partial charge >= 0.3 is 0 Å². The molecule has 1 amide bonds. The molecule has 1 aliphatic rings. The van der Waals surface area contributed by atoms with Gasteiger partial charge < -0.3 is 9.74 Å². The first-order chi connectivity index (χ1) is 6.65. The highest BCUT2D eigenvalue weighted by molar-refractivity contribution is 6.74. The number of β-lactam (4-membered cyclic amide) rings is 1. The number of hydrogen-bond donors (Lipinski definition) is 1. The second-order valence-electron chi connectivity index (χ2n) is 5.93. The topological polar surface area (TPSA) is 38.3 Å². The van der Waals surface area contributed by atoms with Crippen LogP contribution in [0.1, 0.15) is 27.7 Å². The highest BCUT2D eigenvalue weighted by Crippen LogP contribution is 2.38. The van der Waals surface area contributed by atoms with Crippen LogP contribution in [-0.4, -0.2) is 26.9 Å². The van der Waals surface area contributed by atoms with E-state index in [0.29, 0.717) is 0 Å². The maximum Gasteiger partial charge on any atom is 0.227 e. The van der Waals surface area contributed by atoms with Crippen molar-refractivity contribution < 1.29 is 9.22 Å². The third-order valence-electron chi connectivity index (χ3n) is 3.69. The standard InChI is InChI=1S/C11H23NO2Si/c1-8(9-7-12-10(9)13)14-15(5,6)11(2,3)4/h8-9H,7H2,1-6H3,(H,12,13). The van der Waals surface area contributed by atoms with Crippen LogP contribution in [0.2, 0.25) is 18.1 Å². The smallest absolute Gasteiger partial charge is 0.227 e. The average Bonchev–Trinajstić information content (AvgIpc) is 1.98. The molecule has 2 atom stereocenters. The molecule has 2 unspecified atom stereocenters. The molecule has 0 saturated carbocycles. The minimum atomic E-state index is -1.72. The Morgan fingerprint density at radius 1 is 1.47 bits per heavy atom. The Balaban J connectivity index is 2.57. The molecular formula is C11H23NO2Si. The zero-order valence-corrected chi connectivity index (χ0v) is 11.7. The molecule has 1 N–H and O–H groups in total. The summed E-state index contributed by atoms with van der Waals surface area (Å²) in [6.45, 7) is 13.9. The number of carbonyl (C=O) groups excluding carboxylic acids is 1. The lowest BCUT2D eigenvalue weighted by atomic mass is 9.97. The predicted molar refractivity (Wildman–Crippen MR) is 64.2 cm³/mol. The van der Waals surface area contributed by atoms with E-state index < -0.39 is 8.32 Å². The van der Waals surface area contributed by atoms with Gasteiger partial charge in [-0.3, -0.25) is 4.79 Å². The molecule has 1 rings (SSSR count). The van der Waals surface area contributed by atoms with Gasteiger partial charge in [-0.2, -0.15) is 0 Å². The van der Waals surface area contributed by atoms with E-state index >= 15 is 0 Å². The molecule has 0 radical (unpaired) electrons. The summed E-state index contributed by atoms with van der Waals surface area (Å²) >= 11 is 0. The van der Waals surface area contributed by atoms with Crippen molar-refractivity contribution in [1.29, 1.82) is 0 Å². The molecule has 3 nitrogen and oxygen atoms in total. The van der Waals surface area contributed by atoms with Crippen molar-refractivity contribution in [1.82, 2.24) is 5.32 Å². The Kier molecular flexibility index (Phi) is 3.31. The molecule has 1 saturated heterocycles. The van der Waals surface area contributed by atoms with Crippen LogP contribution in [0.4, 0.5) is 0 Å². The molecule has 15 heavy (non-hydrogen) atoms. The van der Waals surface area contributed by atoms with Gasteiger partial charge in [0.1, 0.15) is 0 Å². The molecule has 4 heteroatoms. The van der Waals surface area contributed by atoms with Crippen LogP contribution < -0.4 is 5.32 Å². The molecular weight excluding hydrogens is 206 g/mol. The van der Waals surface area contributed by atoms with Crippen LogP contribution in [0.5, 0.6) is 0 Å². The lowest BCUT2D eigenvalue weighted by Gasteiger charge is -2.41. The van der Waals surface area contributed by atoms with Gasteiger partial charge in [-0.25, -0.2) is 0 Å². The van der Waals surface area contributed by atoms with Crippen molar-refractivity contribution in [2.45, 2.75) is 51.9 Å². The average molecular weight is 229 g/mol. The van der Waals surface area contributed by atoms with Gasteiger partial charge in [-0.1, -0.05) is 20.8 Å². The van der Waals surface area contributed by atoms with E-state index in [1.54, 1.807) is 0 Å². The zero-order valence-electron chi connectivity index (χ0n) is 10.7. The Morgan fingerprint density at radius 3 is 2.27 bits per heavy atom. The van der Waals surface area contributed by atoms with E-state index in [1.165, 1.54) is 0 Å². The number of amides is 1. The van der Waals surface area contributed by atoms with Crippen molar-refractivity contribution in [2.75, 3.05) is 6.54 Å². The van der Waals surface area contributed by atoms with E-state index in [4.69, 9.17) is 4.43 Å². The zero-order chi connectivity index (χ0) is 11.9. The molecule has 0 aromatic heterocycles. The second kappa shape index (κ2) is 3.90. The molecule has 0 aromatic carbocycles. The Labute approximate surface area is 93.7 Å². The van der Waals surface area contributed by atoms with E-state index in [9.17, 15) is 4.79 Å². The van der Waals surface area contributed by atoms with E-state index in [-0.39, 0.29) is 23.0 Å². The molecule has 88 valence electrons. The lowest BCUT2D eigenvalue weighted by Crippen LogP contribution is -2.56. The largest absolute Gasteiger partial charge is 0.413 e. The van der Waals surface area contributed by atoms with Gasteiger partial charge in [0.05, 0.1) is 12.0 Å². The fraction of sp³-hybridized carbons (Fsp3) is 0.909. The van der Waals surface area contributed by atoms with Crippen molar-refractivity contribution in [3.63, 3.8) is 0 Å². The minimum absolute atomic E-state index is 0.0552. The summed E-state index contributed by atoms with van der Waals surface area (Å²) in [4.78, 5) is 11.2. The summed E-state index contributed by atoms with van der Waals surface area (Å²) in [5, 5.41) is 2.97. The quantitative estimate of drug-likeness (QED) is 0.595. The summed E-state index contributed by atoms with van der Waals surface area (Å²) in [7, 11) is -1.72. The van der Waals surface area contributed by atoms with E-state index in [1.807, 2.05) is 6.92 Å². The van der Waals surface area contributed by atoms with Crippen LogP contribution in [0.15, 0.2) is 0 Å². The maximum atomic E-state index is 11.2. The van der Waals surface area contributed by atoms with Crippen LogP contribution in [-0.2, 0) is 9.22 Å². The van der Waals surface area contributed by atoms with Gasteiger partial charge in [0.15, 0.2) is 8.32 Å². The molecule has 0 spiro atoms. The van der Waals surface area contributed by atoms with Gasteiger partial charge in [0.2, 0.25) is 5.91 Å². The van der Waals surface area contributed by atoms with Crippen LogP contribution in [0.3, 0.4) is 0 Å². The third kappa shape index (κ3) is 2.61. The first-order valence-electron chi connectivity index (χ1n) is 5.61. The van der Waals surface area contributed by atoms with Gasteiger partial charge in [-0.15, -0.1) is 0 Å². The molecule has 1 heterocycles. The fourth-order valence-electron chi connectivity index (χ4n) is 1.41. The second-order valence-corrected chi connectivity index (χ2v) is 10.7. The molecule has 0 aliphatic carbocycles. The van der Waals surface area contributed by atoms with Crippen molar-refractivity contribution >= 4 is 14.2 Å². The van der Waals surface area contributed by atoms with Gasteiger partial charge in [0, 0.05) is 6.54 Å². The minimum Gasteiger partial charge on any atom is -0.413 e. The summed E-state index contributed by atoms with van der Waals surface area (Å²) in [5.41, 5.74) is 0. The number of rotatable bonds is 3. The Bertz CT molecular complexity index is 258. The van der Waals surface area contributed by atoms with Crippen molar-refractivity contribution in [3.05, 3.63) is 0 Å². The van der Waals surface area contributed by atoms with Gasteiger partial charge in [0.25, 0.3) is 0 Å². The molecule has 0 bridgehead atoms. The predicted octanol–water partition coefficient (Wildman–Crippen LogP) is 2.14. The normalized spacial score (nSPS) is 24.4. The monoisotopic (exact) mass is 229 g/mol. The van der Waals surface area contributed by atoms with Crippen molar-refractivity contribution in [3.8, 4) is 0 Å². The highest BCUT2D eigenvalue weighted by Gasteiger charge is 2.42. The first-order valence-corrected chi connectivity index (χ1v) is 8.51. The molecule has 1 aliphatic heterocycles. The Hall–Kier alpha value is -0.353. The number of carbonyl (C=O) groups is 1. The van der Waals surface area contributed by atoms with E-state index in [0.717, 1.165) is 6.54 Å². The van der Waals surface area contributed by atoms with Crippen LogP contribution in [0, 0.1) is 5.92 Å². The molecule has 1 fully saturated rings. The summed E-state index contributed by atoms with van der Waals surface area (Å²) < 4.78 is 6.15. The SMILES string of the molecule is CC(O[Si](C)(C)C(C)(C)C)C1CNC1=O. The third-order valence-corrected chi connectivity index (χ3v) is 8.26. The van der Waals surface area contributed by atoms with Crippen LogP contribution in [0.25, 0.3) is 0 Å². The lowest BCUT2D eigenvalue weighted by molar-refractivity contribution is -0.135. The summed E-state index contributed by atoms with van der Waals surface area (Å²) in [6.07, 6.45) is 0.0552. The maximum absolute atomic E-state index is 11.2. The van der Waals surface area contributed by atoms with Crippen molar-refractivity contribution in [2.24, 2.45) is 5.92 Å². The number of hydrogen-bond acceptors (Lipinski definition) is 2. The van der Waals surface area contributed by atoms with Gasteiger partial charge in [-0.05, 0) is 25.1 Å². The summed E-state index contributed by atoms with van der Waals surface area (Å²) in [6, 6.07) is 0. The van der Waals surface area contributed by atoms with Crippen LogP contribution >= 0.6 is 0 Å². The van der Waals surface area contributed by atoms with E-state index in [2.05, 4.69) is 39.2 Å². The molecule has 0 aromatic rings. The highest BCUT2D eigenvalue weighted by atomic mass is 28.4. The summed E-state index contributed by atoms with van der Waals surface area (Å²) in [5.74, 6) is 0.209.